The smallest absolute Gasteiger partial charge is 0.339 e. The van der Waals surface area contributed by atoms with E-state index < -0.39 is 5.97 Å². The van der Waals surface area contributed by atoms with E-state index in [-0.39, 0.29) is 5.56 Å². The molecule has 2 aromatic rings. The second kappa shape index (κ2) is 7.33. The fourth-order valence-electron chi connectivity index (χ4n) is 2.03. The maximum Gasteiger partial charge on any atom is 0.339 e. The molecule has 0 bridgehead atoms. The highest BCUT2D eigenvalue weighted by atomic mass is 16.5. The summed E-state index contributed by atoms with van der Waals surface area (Å²) in [5, 5.41) is 9.14. The van der Waals surface area contributed by atoms with Crippen LogP contribution in [0.4, 0.5) is 0 Å². The molecule has 0 spiro atoms. The van der Waals surface area contributed by atoms with E-state index in [4.69, 9.17) is 14.6 Å². The molecule has 21 heavy (non-hydrogen) atoms. The van der Waals surface area contributed by atoms with E-state index in [0.29, 0.717) is 18.1 Å². The lowest BCUT2D eigenvalue weighted by molar-refractivity contribution is 0.0692. The normalized spacial score (nSPS) is 10.1. The van der Waals surface area contributed by atoms with Crippen LogP contribution in [0.3, 0.4) is 0 Å². The van der Waals surface area contributed by atoms with Crippen molar-refractivity contribution in [3.63, 3.8) is 0 Å². The first-order valence-corrected chi connectivity index (χ1v) is 6.79. The van der Waals surface area contributed by atoms with Crippen molar-refractivity contribution in [2.45, 2.75) is 12.8 Å². The predicted molar refractivity (Wildman–Crippen MR) is 80.2 cm³/mol. The van der Waals surface area contributed by atoms with Crippen LogP contribution in [0.25, 0.3) is 0 Å². The molecule has 1 N–H and O–H groups in total. The lowest BCUT2D eigenvalue weighted by atomic mass is 10.1. The summed E-state index contributed by atoms with van der Waals surface area (Å²) in [4.78, 5) is 11.2. The van der Waals surface area contributed by atoms with Gasteiger partial charge in [0.15, 0.2) is 0 Å². The number of aryl methyl sites for hydroxylation is 1. The zero-order chi connectivity index (χ0) is 15.1. The number of hydrogen-bond donors (Lipinski definition) is 1. The molecule has 0 aliphatic carbocycles. The van der Waals surface area contributed by atoms with Gasteiger partial charge in [-0.3, -0.25) is 0 Å². The van der Waals surface area contributed by atoms with Gasteiger partial charge in [-0.2, -0.15) is 0 Å². The van der Waals surface area contributed by atoms with Crippen LogP contribution in [-0.2, 0) is 6.42 Å². The topological polar surface area (TPSA) is 55.8 Å². The zero-order valence-corrected chi connectivity index (χ0v) is 11.9. The third-order valence-electron chi connectivity index (χ3n) is 3.13. The molecule has 0 amide bonds. The number of carboxylic acid groups (broad SMARTS) is 1. The largest absolute Gasteiger partial charge is 0.497 e. The van der Waals surface area contributed by atoms with Crippen LogP contribution in [-0.4, -0.2) is 24.8 Å². The Morgan fingerprint density at radius 2 is 1.90 bits per heavy atom. The molecule has 2 rings (SSSR count). The van der Waals surface area contributed by atoms with Gasteiger partial charge in [0.25, 0.3) is 0 Å². The standard InChI is InChI=1S/C17H18O4/c1-20-14-9-10-15(17(18)19)16(12-14)21-11-5-8-13-6-3-2-4-7-13/h2-4,6-7,9-10,12H,5,8,11H2,1H3,(H,18,19). The van der Waals surface area contributed by atoms with Gasteiger partial charge >= 0.3 is 5.97 Å². The van der Waals surface area contributed by atoms with E-state index in [1.807, 2.05) is 18.2 Å². The lowest BCUT2D eigenvalue weighted by Gasteiger charge is -2.10. The summed E-state index contributed by atoms with van der Waals surface area (Å²) < 4.78 is 10.7. The number of ether oxygens (including phenoxy) is 2. The molecule has 110 valence electrons. The van der Waals surface area contributed by atoms with Crippen LogP contribution in [0.15, 0.2) is 48.5 Å². The molecule has 0 saturated carbocycles. The van der Waals surface area contributed by atoms with Crippen molar-refractivity contribution in [2.75, 3.05) is 13.7 Å². The van der Waals surface area contributed by atoms with Gasteiger partial charge in [-0.1, -0.05) is 30.3 Å². The van der Waals surface area contributed by atoms with Crippen LogP contribution in [0.2, 0.25) is 0 Å². The van der Waals surface area contributed by atoms with E-state index in [1.54, 1.807) is 12.1 Å². The van der Waals surface area contributed by atoms with Crippen molar-refractivity contribution in [1.82, 2.24) is 0 Å². The number of carbonyl (C=O) groups is 1. The Balaban J connectivity index is 1.94. The Kier molecular flexibility index (Phi) is 5.21. The summed E-state index contributed by atoms with van der Waals surface area (Å²) >= 11 is 0. The molecule has 0 heterocycles. The third kappa shape index (κ3) is 4.24. The van der Waals surface area contributed by atoms with Gasteiger partial charge in [0, 0.05) is 6.07 Å². The zero-order valence-electron chi connectivity index (χ0n) is 11.9. The van der Waals surface area contributed by atoms with E-state index in [0.717, 1.165) is 12.8 Å². The van der Waals surface area contributed by atoms with Crippen LogP contribution in [0, 0.1) is 0 Å². The Labute approximate surface area is 123 Å². The summed E-state index contributed by atoms with van der Waals surface area (Å²) in [6.45, 7) is 0.461. The van der Waals surface area contributed by atoms with E-state index in [9.17, 15) is 4.79 Å². The molecule has 0 atom stereocenters. The Bertz CT molecular complexity index is 593. The average molecular weight is 286 g/mol. The lowest BCUT2D eigenvalue weighted by Crippen LogP contribution is -2.05. The SMILES string of the molecule is COc1ccc(C(=O)O)c(OCCCc2ccccc2)c1. The number of benzene rings is 2. The quantitative estimate of drug-likeness (QED) is 0.792. The summed E-state index contributed by atoms with van der Waals surface area (Å²) in [5.74, 6) is -0.0799. The highest BCUT2D eigenvalue weighted by molar-refractivity contribution is 5.91. The molecule has 0 saturated heterocycles. The maximum absolute atomic E-state index is 11.2. The third-order valence-corrected chi connectivity index (χ3v) is 3.13. The van der Waals surface area contributed by atoms with Gasteiger partial charge in [0.2, 0.25) is 0 Å². The van der Waals surface area contributed by atoms with Gasteiger partial charge in [-0.15, -0.1) is 0 Å². The number of methoxy groups -OCH3 is 1. The van der Waals surface area contributed by atoms with Crippen molar-refractivity contribution in [2.24, 2.45) is 0 Å². The van der Waals surface area contributed by atoms with Crippen LogP contribution >= 0.6 is 0 Å². The van der Waals surface area contributed by atoms with Gasteiger partial charge in [-0.05, 0) is 30.5 Å². The van der Waals surface area contributed by atoms with Crippen molar-refractivity contribution >= 4 is 5.97 Å². The molecule has 0 unspecified atom stereocenters. The van der Waals surface area contributed by atoms with Gasteiger partial charge in [0.05, 0.1) is 13.7 Å². The Morgan fingerprint density at radius 1 is 1.14 bits per heavy atom. The van der Waals surface area contributed by atoms with Crippen molar-refractivity contribution < 1.29 is 19.4 Å². The minimum absolute atomic E-state index is 0.149. The van der Waals surface area contributed by atoms with Crippen LogP contribution < -0.4 is 9.47 Å². The predicted octanol–water partition coefficient (Wildman–Crippen LogP) is 3.41. The van der Waals surface area contributed by atoms with Gasteiger partial charge in [0.1, 0.15) is 17.1 Å². The minimum atomic E-state index is -1.00. The second-order valence-corrected chi connectivity index (χ2v) is 4.60. The summed E-state index contributed by atoms with van der Waals surface area (Å²) in [6.07, 6.45) is 1.72. The fraction of sp³-hybridized carbons (Fsp3) is 0.235. The van der Waals surface area contributed by atoms with Crippen molar-refractivity contribution in [1.29, 1.82) is 0 Å². The number of carboxylic acids is 1. The average Bonchev–Trinajstić information content (AvgIpc) is 2.52. The Hall–Kier alpha value is -2.49. The van der Waals surface area contributed by atoms with Gasteiger partial charge < -0.3 is 14.6 Å². The van der Waals surface area contributed by atoms with Crippen LogP contribution in [0.5, 0.6) is 11.5 Å². The summed E-state index contributed by atoms with van der Waals surface area (Å²) in [5.41, 5.74) is 1.39. The first-order valence-electron chi connectivity index (χ1n) is 6.79. The molecule has 4 nitrogen and oxygen atoms in total. The summed E-state index contributed by atoms with van der Waals surface area (Å²) in [7, 11) is 1.54. The van der Waals surface area contributed by atoms with Crippen molar-refractivity contribution in [3.8, 4) is 11.5 Å². The highest BCUT2D eigenvalue weighted by Gasteiger charge is 2.12. The molecule has 4 heteroatoms. The number of hydrogen-bond acceptors (Lipinski definition) is 3. The maximum atomic E-state index is 11.2. The first-order chi connectivity index (χ1) is 10.2. The van der Waals surface area contributed by atoms with E-state index in [2.05, 4.69) is 12.1 Å². The Morgan fingerprint density at radius 3 is 2.57 bits per heavy atom. The number of rotatable bonds is 7. The molecule has 2 aromatic carbocycles. The minimum Gasteiger partial charge on any atom is -0.497 e. The monoisotopic (exact) mass is 286 g/mol. The molecule has 0 radical (unpaired) electrons. The summed E-state index contributed by atoms with van der Waals surface area (Å²) in [6, 6.07) is 14.8. The molecular formula is C17H18O4. The van der Waals surface area contributed by atoms with E-state index >= 15 is 0 Å². The molecule has 0 aliphatic rings. The fourth-order valence-corrected chi connectivity index (χ4v) is 2.03. The van der Waals surface area contributed by atoms with E-state index in [1.165, 1.54) is 18.7 Å². The van der Waals surface area contributed by atoms with Crippen molar-refractivity contribution in [3.05, 3.63) is 59.7 Å². The first kappa shape index (κ1) is 14.9. The van der Waals surface area contributed by atoms with Crippen LogP contribution in [0.1, 0.15) is 22.3 Å². The number of aromatic carboxylic acids is 1. The molecule has 0 aliphatic heterocycles. The second-order valence-electron chi connectivity index (χ2n) is 4.60. The molecular weight excluding hydrogens is 268 g/mol. The highest BCUT2D eigenvalue weighted by Crippen LogP contribution is 2.25. The molecule has 0 fully saturated rings. The van der Waals surface area contributed by atoms with Gasteiger partial charge in [-0.25, -0.2) is 4.79 Å². The molecule has 0 aromatic heterocycles.